The standard InChI is InChI=1S/C22H28N2O3/c1-5-27-20-11-7-10-17(21(20)25)19-13-18(23-22(24-19)14(2)3)15-8-6-9-16(12-15)26-4/h6-14,19,22-25H,5H2,1-4H3/p+1. The van der Waals surface area contributed by atoms with Gasteiger partial charge in [-0.15, -0.1) is 0 Å². The summed E-state index contributed by atoms with van der Waals surface area (Å²) in [4.78, 5) is 0. The summed E-state index contributed by atoms with van der Waals surface area (Å²) < 4.78 is 10.9. The minimum atomic E-state index is -0.0137. The average Bonchev–Trinajstić information content (AvgIpc) is 2.69. The van der Waals surface area contributed by atoms with Crippen LogP contribution in [0.1, 0.15) is 37.9 Å². The lowest BCUT2D eigenvalue weighted by atomic mass is 9.96. The highest BCUT2D eigenvalue weighted by molar-refractivity contribution is 5.67. The molecule has 0 amide bonds. The van der Waals surface area contributed by atoms with Crippen molar-refractivity contribution < 1.29 is 19.9 Å². The molecule has 0 fully saturated rings. The Morgan fingerprint density at radius 2 is 1.96 bits per heavy atom. The maximum atomic E-state index is 10.7. The third-order valence-corrected chi connectivity index (χ3v) is 4.87. The van der Waals surface area contributed by atoms with Crippen molar-refractivity contribution in [3.8, 4) is 17.2 Å². The fourth-order valence-electron chi connectivity index (χ4n) is 3.37. The molecule has 2 unspecified atom stereocenters. The fourth-order valence-corrected chi connectivity index (χ4v) is 3.37. The lowest BCUT2D eigenvalue weighted by molar-refractivity contribution is -0.729. The number of phenolic OH excluding ortho intramolecular Hbond substituents is 1. The van der Waals surface area contributed by atoms with Gasteiger partial charge in [-0.05, 0) is 31.2 Å². The Hall–Kier alpha value is -2.66. The topological polar surface area (TPSA) is 67.3 Å². The summed E-state index contributed by atoms with van der Waals surface area (Å²) in [5.74, 6) is 1.98. The minimum absolute atomic E-state index is 0.0137. The van der Waals surface area contributed by atoms with Crippen LogP contribution in [0.2, 0.25) is 0 Å². The van der Waals surface area contributed by atoms with E-state index in [4.69, 9.17) is 9.47 Å². The van der Waals surface area contributed by atoms with Gasteiger partial charge < -0.3 is 25.2 Å². The van der Waals surface area contributed by atoms with Gasteiger partial charge in [-0.3, -0.25) is 0 Å². The molecule has 3 rings (SSSR count). The zero-order chi connectivity index (χ0) is 19.4. The molecule has 0 saturated carbocycles. The van der Waals surface area contributed by atoms with E-state index in [-0.39, 0.29) is 18.0 Å². The Balaban J connectivity index is 2.02. The van der Waals surface area contributed by atoms with E-state index >= 15 is 0 Å². The van der Waals surface area contributed by atoms with Crippen LogP contribution in [0.15, 0.2) is 48.5 Å². The predicted molar refractivity (Wildman–Crippen MR) is 107 cm³/mol. The number of quaternary nitrogens is 1. The van der Waals surface area contributed by atoms with Crippen molar-refractivity contribution in [2.24, 2.45) is 5.92 Å². The van der Waals surface area contributed by atoms with Gasteiger partial charge in [0.05, 0.1) is 19.3 Å². The Kier molecular flexibility index (Phi) is 5.91. The van der Waals surface area contributed by atoms with Crippen molar-refractivity contribution in [1.82, 2.24) is 5.32 Å². The zero-order valence-corrected chi connectivity index (χ0v) is 16.4. The molecule has 0 radical (unpaired) electrons. The second kappa shape index (κ2) is 8.35. The van der Waals surface area contributed by atoms with Crippen molar-refractivity contribution in [2.75, 3.05) is 13.7 Å². The third kappa shape index (κ3) is 4.19. The first kappa shape index (κ1) is 19.1. The van der Waals surface area contributed by atoms with Gasteiger partial charge in [-0.25, -0.2) is 0 Å². The molecule has 0 spiro atoms. The molecule has 144 valence electrons. The van der Waals surface area contributed by atoms with Crippen LogP contribution in [0.4, 0.5) is 0 Å². The first-order chi connectivity index (χ1) is 13.0. The van der Waals surface area contributed by atoms with E-state index in [1.54, 1.807) is 13.2 Å². The number of benzene rings is 2. The Labute approximate surface area is 161 Å². The second-order valence-corrected chi connectivity index (χ2v) is 7.07. The van der Waals surface area contributed by atoms with E-state index in [9.17, 15) is 5.11 Å². The van der Waals surface area contributed by atoms with Crippen LogP contribution in [-0.4, -0.2) is 25.0 Å². The van der Waals surface area contributed by atoms with Gasteiger partial charge in [0.25, 0.3) is 0 Å². The molecule has 2 atom stereocenters. The number of para-hydroxylation sites is 1. The van der Waals surface area contributed by atoms with Crippen LogP contribution in [0.3, 0.4) is 0 Å². The summed E-state index contributed by atoms with van der Waals surface area (Å²) in [6.45, 7) is 6.82. The molecule has 0 saturated heterocycles. The van der Waals surface area contributed by atoms with Gasteiger partial charge in [-0.1, -0.05) is 32.0 Å². The Morgan fingerprint density at radius 3 is 2.67 bits per heavy atom. The number of rotatable bonds is 6. The Bertz CT molecular complexity index is 817. The van der Waals surface area contributed by atoms with Crippen LogP contribution in [0, 0.1) is 5.92 Å². The second-order valence-electron chi connectivity index (χ2n) is 7.07. The van der Waals surface area contributed by atoms with Crippen LogP contribution in [0.25, 0.3) is 5.70 Å². The molecule has 5 heteroatoms. The number of hydrogen-bond donors (Lipinski definition) is 3. The number of nitrogens with two attached hydrogens (primary N) is 1. The molecule has 1 aliphatic heterocycles. The van der Waals surface area contributed by atoms with Gasteiger partial charge in [0, 0.05) is 23.3 Å². The average molecular weight is 369 g/mol. The maximum absolute atomic E-state index is 10.7. The molecule has 0 bridgehead atoms. The third-order valence-electron chi connectivity index (χ3n) is 4.87. The van der Waals surface area contributed by atoms with Crippen molar-refractivity contribution in [2.45, 2.75) is 33.0 Å². The summed E-state index contributed by atoms with van der Waals surface area (Å²) in [6.07, 6.45) is 2.34. The van der Waals surface area contributed by atoms with Crippen LogP contribution in [-0.2, 0) is 0 Å². The summed E-state index contributed by atoms with van der Waals surface area (Å²) in [6, 6.07) is 13.7. The van der Waals surface area contributed by atoms with Crippen molar-refractivity contribution in [3.63, 3.8) is 0 Å². The zero-order valence-electron chi connectivity index (χ0n) is 16.4. The predicted octanol–water partition coefficient (Wildman–Crippen LogP) is 3.03. The number of methoxy groups -OCH3 is 1. The summed E-state index contributed by atoms with van der Waals surface area (Å²) in [7, 11) is 1.67. The lowest BCUT2D eigenvalue weighted by Crippen LogP contribution is -2.96. The molecule has 4 N–H and O–H groups in total. The molecule has 27 heavy (non-hydrogen) atoms. The highest BCUT2D eigenvalue weighted by atomic mass is 16.5. The summed E-state index contributed by atoms with van der Waals surface area (Å²) in [5, 5.41) is 16.6. The fraction of sp³-hybridized carbons (Fsp3) is 0.364. The number of aromatic hydroxyl groups is 1. The quantitative estimate of drug-likeness (QED) is 0.732. The van der Waals surface area contributed by atoms with Gasteiger partial charge in [0.2, 0.25) is 0 Å². The molecule has 0 aliphatic carbocycles. The monoisotopic (exact) mass is 369 g/mol. The summed E-state index contributed by atoms with van der Waals surface area (Å²) >= 11 is 0. The minimum Gasteiger partial charge on any atom is -0.504 e. The van der Waals surface area contributed by atoms with Crippen LogP contribution in [0.5, 0.6) is 17.2 Å². The molecular formula is C22H29N2O3+. The number of ether oxygens (including phenoxy) is 2. The number of nitrogens with one attached hydrogen (secondary N) is 1. The first-order valence-electron chi connectivity index (χ1n) is 9.46. The van der Waals surface area contributed by atoms with E-state index in [0.29, 0.717) is 18.3 Å². The maximum Gasteiger partial charge on any atom is 0.167 e. The van der Waals surface area contributed by atoms with Crippen molar-refractivity contribution in [3.05, 3.63) is 59.7 Å². The van der Waals surface area contributed by atoms with Crippen LogP contribution >= 0.6 is 0 Å². The smallest absolute Gasteiger partial charge is 0.167 e. The van der Waals surface area contributed by atoms with E-state index in [1.807, 2.05) is 37.3 Å². The molecule has 5 nitrogen and oxygen atoms in total. The van der Waals surface area contributed by atoms with Crippen molar-refractivity contribution in [1.29, 1.82) is 0 Å². The number of hydrogen-bond acceptors (Lipinski definition) is 4. The first-order valence-corrected chi connectivity index (χ1v) is 9.46. The van der Waals surface area contributed by atoms with Crippen molar-refractivity contribution >= 4 is 5.70 Å². The molecule has 2 aromatic carbocycles. The highest BCUT2D eigenvalue weighted by Crippen LogP contribution is 2.35. The van der Waals surface area contributed by atoms with Gasteiger partial charge in [0.1, 0.15) is 11.8 Å². The highest BCUT2D eigenvalue weighted by Gasteiger charge is 2.30. The van der Waals surface area contributed by atoms with Gasteiger partial charge in [-0.2, -0.15) is 0 Å². The molecule has 2 aromatic rings. The van der Waals surface area contributed by atoms with E-state index in [2.05, 4.69) is 36.6 Å². The van der Waals surface area contributed by atoms with Gasteiger partial charge >= 0.3 is 0 Å². The van der Waals surface area contributed by atoms with Crippen LogP contribution < -0.4 is 20.1 Å². The molecular weight excluding hydrogens is 340 g/mol. The number of phenols is 1. The van der Waals surface area contributed by atoms with E-state index in [0.717, 1.165) is 22.6 Å². The largest absolute Gasteiger partial charge is 0.504 e. The normalized spacial score (nSPS) is 19.4. The molecule has 1 heterocycles. The Morgan fingerprint density at radius 1 is 1.19 bits per heavy atom. The SMILES string of the molecule is CCOc1cccc(C2C=C(c3cccc(OC)c3)NC(C(C)C)[NH2+]2)c1O. The lowest BCUT2D eigenvalue weighted by Gasteiger charge is -2.32. The van der Waals surface area contributed by atoms with E-state index in [1.165, 1.54) is 0 Å². The molecule has 0 aromatic heterocycles. The summed E-state index contributed by atoms with van der Waals surface area (Å²) in [5.41, 5.74) is 2.97. The van der Waals surface area contributed by atoms with Gasteiger partial charge in [0.15, 0.2) is 17.7 Å². The van der Waals surface area contributed by atoms with E-state index < -0.39 is 0 Å². The molecule has 1 aliphatic rings.